The Hall–Kier alpha value is -4.47. The lowest BCUT2D eigenvalue weighted by molar-refractivity contribution is 0.0980. The molecule has 2 aromatic heterocycles. The van der Waals surface area contributed by atoms with Crippen molar-refractivity contribution in [3.05, 3.63) is 105 Å². The first-order valence-corrected chi connectivity index (χ1v) is 11.5. The van der Waals surface area contributed by atoms with Crippen LogP contribution >= 0.6 is 0 Å². The third-order valence-corrected chi connectivity index (χ3v) is 5.74. The molecule has 0 radical (unpaired) electrons. The lowest BCUT2D eigenvalue weighted by atomic mass is 10.1. The fourth-order valence-corrected chi connectivity index (χ4v) is 3.78. The van der Waals surface area contributed by atoms with Crippen LogP contribution in [0, 0.1) is 11.7 Å². The van der Waals surface area contributed by atoms with Crippen LogP contribution in [-0.2, 0) is 6.54 Å². The number of carbonyl (C=O) groups excluding carboxylic acids is 1. The summed E-state index contributed by atoms with van der Waals surface area (Å²) in [5.74, 6) is -0.809. The lowest BCUT2D eigenvalue weighted by Gasteiger charge is -2.24. The van der Waals surface area contributed by atoms with Gasteiger partial charge >= 0.3 is 5.69 Å². The maximum atomic E-state index is 13.6. The number of nitrogens with zero attached hydrogens (tertiary/aromatic N) is 4. The van der Waals surface area contributed by atoms with Gasteiger partial charge in [0.05, 0.1) is 12.2 Å². The van der Waals surface area contributed by atoms with Crippen LogP contribution < -0.4 is 21.9 Å². The van der Waals surface area contributed by atoms with Crippen molar-refractivity contribution >= 4 is 17.4 Å². The average molecular weight is 491 g/mol. The molecule has 2 aromatic carbocycles. The van der Waals surface area contributed by atoms with E-state index in [1.165, 1.54) is 44.5 Å². The summed E-state index contributed by atoms with van der Waals surface area (Å²) in [6.07, 6.45) is 2.16. The molecule has 36 heavy (non-hydrogen) atoms. The van der Waals surface area contributed by atoms with Gasteiger partial charge in [-0.15, -0.1) is 0 Å². The summed E-state index contributed by atoms with van der Waals surface area (Å²) in [4.78, 5) is 42.7. The van der Waals surface area contributed by atoms with Crippen LogP contribution in [0.3, 0.4) is 0 Å². The quantitative estimate of drug-likeness (QED) is 0.393. The maximum Gasteiger partial charge on any atom is 0.330 e. The van der Waals surface area contributed by atoms with Gasteiger partial charge in [0, 0.05) is 12.7 Å². The first-order valence-electron chi connectivity index (χ1n) is 11.5. The van der Waals surface area contributed by atoms with E-state index < -0.39 is 17.2 Å². The predicted molar refractivity (Wildman–Crippen MR) is 136 cm³/mol. The van der Waals surface area contributed by atoms with Crippen LogP contribution in [-0.4, -0.2) is 31.8 Å². The number of anilines is 2. The molecule has 0 aliphatic carbocycles. The monoisotopic (exact) mass is 490 g/mol. The molecule has 0 fully saturated rings. The van der Waals surface area contributed by atoms with Gasteiger partial charge in [0.15, 0.2) is 11.4 Å². The number of rotatable bonds is 8. The molecule has 0 bridgehead atoms. The molecule has 3 N–H and O–H groups in total. The summed E-state index contributed by atoms with van der Waals surface area (Å²) < 4.78 is 16.0. The molecule has 0 aliphatic rings. The number of nitrogens with one attached hydrogen (secondary N) is 1. The van der Waals surface area contributed by atoms with Gasteiger partial charge in [-0.1, -0.05) is 44.2 Å². The number of hydrogen-bond acceptors (Lipinski definition) is 5. The summed E-state index contributed by atoms with van der Waals surface area (Å²) in [6, 6.07) is 16.4. The van der Waals surface area contributed by atoms with Crippen LogP contribution in [0.1, 0.15) is 36.3 Å². The van der Waals surface area contributed by atoms with E-state index in [1.807, 2.05) is 44.2 Å². The third-order valence-electron chi connectivity index (χ3n) is 5.74. The summed E-state index contributed by atoms with van der Waals surface area (Å²) in [5.41, 5.74) is 6.28. The van der Waals surface area contributed by atoms with E-state index in [0.717, 1.165) is 5.56 Å². The summed E-state index contributed by atoms with van der Waals surface area (Å²) in [5, 5.41) is 4.33. The van der Waals surface area contributed by atoms with Gasteiger partial charge in [0.1, 0.15) is 11.6 Å². The lowest BCUT2D eigenvalue weighted by Crippen LogP contribution is -2.42. The first-order chi connectivity index (χ1) is 17.2. The highest BCUT2D eigenvalue weighted by Crippen LogP contribution is 2.22. The minimum absolute atomic E-state index is 0.0719. The van der Waals surface area contributed by atoms with Crippen LogP contribution in [0.15, 0.2) is 76.4 Å². The Morgan fingerprint density at radius 1 is 1.08 bits per heavy atom. The molecule has 9 nitrogen and oxygen atoms in total. The Bertz CT molecular complexity index is 1470. The summed E-state index contributed by atoms with van der Waals surface area (Å²) in [7, 11) is 0. The average Bonchev–Trinajstić information content (AvgIpc) is 3.34. The molecule has 4 rings (SSSR count). The van der Waals surface area contributed by atoms with E-state index in [-0.39, 0.29) is 42.0 Å². The zero-order valence-electron chi connectivity index (χ0n) is 20.0. The molecular weight excluding hydrogens is 463 g/mol. The zero-order valence-corrected chi connectivity index (χ0v) is 20.0. The van der Waals surface area contributed by atoms with Crippen molar-refractivity contribution in [3.63, 3.8) is 0 Å². The number of benzene rings is 2. The summed E-state index contributed by atoms with van der Waals surface area (Å²) in [6.45, 7) is 4.31. The number of nitrogens with two attached hydrogens (primary N) is 1. The highest BCUT2D eigenvalue weighted by Gasteiger charge is 2.27. The van der Waals surface area contributed by atoms with E-state index in [1.54, 1.807) is 6.20 Å². The van der Waals surface area contributed by atoms with Crippen molar-refractivity contribution in [2.45, 2.75) is 26.8 Å². The zero-order chi connectivity index (χ0) is 25.8. The van der Waals surface area contributed by atoms with Gasteiger partial charge in [-0.3, -0.25) is 24.0 Å². The number of halogens is 1. The number of aromatic amines is 1. The molecule has 0 atom stereocenters. The van der Waals surface area contributed by atoms with Crippen molar-refractivity contribution < 1.29 is 9.18 Å². The molecule has 0 saturated carbocycles. The second-order valence-corrected chi connectivity index (χ2v) is 8.83. The van der Waals surface area contributed by atoms with E-state index in [9.17, 15) is 18.8 Å². The Morgan fingerprint density at radius 3 is 2.44 bits per heavy atom. The Balaban J connectivity index is 1.75. The van der Waals surface area contributed by atoms with Gasteiger partial charge in [-0.25, -0.2) is 13.9 Å². The minimum Gasteiger partial charge on any atom is -0.383 e. The molecule has 0 spiro atoms. The minimum atomic E-state index is -0.753. The van der Waals surface area contributed by atoms with Gasteiger partial charge < -0.3 is 5.73 Å². The molecule has 10 heteroatoms. The van der Waals surface area contributed by atoms with Crippen molar-refractivity contribution in [2.75, 3.05) is 17.2 Å². The number of hydrogen-bond donors (Lipinski definition) is 2. The molecule has 4 aromatic rings. The van der Waals surface area contributed by atoms with Gasteiger partial charge in [-0.05, 0) is 48.2 Å². The highest BCUT2D eigenvalue weighted by molar-refractivity contribution is 6.06. The normalized spacial score (nSPS) is 11.1. The second-order valence-electron chi connectivity index (χ2n) is 8.83. The highest BCUT2D eigenvalue weighted by atomic mass is 19.1. The fraction of sp³-hybridized carbons (Fsp3) is 0.231. The predicted octanol–water partition coefficient (Wildman–Crippen LogP) is 3.18. The van der Waals surface area contributed by atoms with Crippen molar-refractivity contribution in [2.24, 2.45) is 5.92 Å². The van der Waals surface area contributed by atoms with Crippen LogP contribution in [0.25, 0.3) is 5.69 Å². The maximum absolute atomic E-state index is 13.6. The molecule has 0 saturated heterocycles. The number of amides is 1. The topological polar surface area (TPSA) is 119 Å². The Labute approximate surface area is 206 Å². The van der Waals surface area contributed by atoms with Crippen molar-refractivity contribution in [1.29, 1.82) is 0 Å². The number of nitrogen functional groups attached to an aromatic ring is 1. The van der Waals surface area contributed by atoms with Crippen molar-refractivity contribution in [1.82, 2.24) is 19.3 Å². The van der Waals surface area contributed by atoms with Gasteiger partial charge in [0.2, 0.25) is 0 Å². The molecular formula is C26H27FN6O3. The summed E-state index contributed by atoms with van der Waals surface area (Å²) >= 11 is 0. The Morgan fingerprint density at radius 2 is 1.78 bits per heavy atom. The fourth-order valence-electron chi connectivity index (χ4n) is 3.78. The van der Waals surface area contributed by atoms with Crippen LogP contribution in [0.4, 0.5) is 15.9 Å². The van der Waals surface area contributed by atoms with E-state index in [2.05, 4.69) is 10.1 Å². The molecule has 2 heterocycles. The SMILES string of the molecule is CC(C)CCN(C(=O)c1ccn(-c2ccc(F)cc2)n1)c1c(N)n(Cc2ccccc2)c(=O)[nH]c1=O. The first kappa shape index (κ1) is 24.6. The van der Waals surface area contributed by atoms with Gasteiger partial charge in [-0.2, -0.15) is 5.10 Å². The molecule has 0 unspecified atom stereocenters. The molecule has 1 amide bonds. The van der Waals surface area contributed by atoms with E-state index >= 15 is 0 Å². The third kappa shape index (κ3) is 5.27. The largest absolute Gasteiger partial charge is 0.383 e. The number of aromatic nitrogens is 4. The van der Waals surface area contributed by atoms with E-state index in [4.69, 9.17) is 5.73 Å². The number of H-pyrrole nitrogens is 1. The van der Waals surface area contributed by atoms with Gasteiger partial charge in [0.25, 0.3) is 11.5 Å². The Kier molecular flexibility index (Phi) is 7.14. The van der Waals surface area contributed by atoms with Crippen molar-refractivity contribution in [3.8, 4) is 5.69 Å². The smallest absolute Gasteiger partial charge is 0.330 e. The number of carbonyl (C=O) groups is 1. The van der Waals surface area contributed by atoms with Crippen LogP contribution in [0.2, 0.25) is 0 Å². The molecule has 0 aliphatic heterocycles. The standard InChI is InChI=1S/C26H27FN6O3/c1-17(2)12-14-31(25(35)21-13-15-33(30-21)20-10-8-19(27)9-11-20)22-23(28)32(26(36)29-24(22)34)16-18-6-4-3-5-7-18/h3-11,13,15,17H,12,14,16,28H2,1-2H3,(H,29,34,36). The second kappa shape index (κ2) is 10.4. The molecule has 186 valence electrons. The van der Waals surface area contributed by atoms with E-state index in [0.29, 0.717) is 12.1 Å². The van der Waals surface area contributed by atoms with Crippen LogP contribution in [0.5, 0.6) is 0 Å².